The zero-order valence-corrected chi connectivity index (χ0v) is 23.6. The monoisotopic (exact) mass is 495 g/mol. The number of nitrogens with zero attached hydrogens (tertiary/aromatic N) is 2. The van der Waals surface area contributed by atoms with E-state index in [9.17, 15) is 14.4 Å². The Morgan fingerprint density at radius 3 is 2.23 bits per heavy atom. The molecule has 2 rings (SSSR count). The van der Waals surface area contributed by atoms with E-state index in [0.717, 1.165) is 25.7 Å². The minimum atomic E-state index is -0.648. The number of fused-ring (bicyclic) bond motifs is 2. The number of amides is 2. The first kappa shape index (κ1) is 29.6. The minimum Gasteiger partial charge on any atom is -0.460 e. The van der Waals surface area contributed by atoms with Crippen LogP contribution in [0.4, 0.5) is 0 Å². The second-order valence-electron chi connectivity index (χ2n) is 12.0. The first-order chi connectivity index (χ1) is 16.2. The lowest BCUT2D eigenvalue weighted by molar-refractivity contribution is -0.161. The number of nitrogens with one attached hydrogen (secondary N) is 1. The Kier molecular flexibility index (Phi) is 10.2. The summed E-state index contributed by atoms with van der Waals surface area (Å²) in [5.74, 6) is -0.205. The zero-order valence-electron chi connectivity index (χ0n) is 23.6. The summed E-state index contributed by atoms with van der Waals surface area (Å²) >= 11 is 0. The van der Waals surface area contributed by atoms with E-state index in [1.165, 1.54) is 0 Å². The van der Waals surface area contributed by atoms with E-state index >= 15 is 0 Å². The highest BCUT2D eigenvalue weighted by Gasteiger charge is 2.48. The second kappa shape index (κ2) is 12.0. The predicted molar refractivity (Wildman–Crippen MR) is 137 cm³/mol. The zero-order chi connectivity index (χ0) is 26.7. The molecule has 1 N–H and O–H groups in total. The number of likely N-dealkylation sites (N-methyl/N-ethyl adjacent to an activating group) is 2. The third-order valence-electron chi connectivity index (χ3n) is 7.90. The van der Waals surface area contributed by atoms with Crippen molar-refractivity contribution in [2.75, 3.05) is 21.2 Å². The van der Waals surface area contributed by atoms with Crippen molar-refractivity contribution < 1.29 is 23.9 Å². The molecule has 1 heterocycles. The van der Waals surface area contributed by atoms with E-state index in [2.05, 4.69) is 24.1 Å². The highest BCUT2D eigenvalue weighted by atomic mass is 16.6. The summed E-state index contributed by atoms with van der Waals surface area (Å²) < 4.78 is 11.3. The molecule has 8 nitrogen and oxygen atoms in total. The number of esters is 1. The summed E-state index contributed by atoms with van der Waals surface area (Å²) in [5.41, 5.74) is -0.594. The standard InChI is InChI=1S/C27H49N3O5/c1-11-17(4)23(20(34-10)15-21(31)35-27(5,6)7)30(9)26(33)22(16(2)3)28-25(32)24-18-12-13-19(14-18)29(24)8/h16-20,22-24H,11-15H2,1-10H3,(H,28,32)/t17?,18-,19+,20?,22-,23?,24-/m0/s1. The van der Waals surface area contributed by atoms with Crippen molar-refractivity contribution in [2.24, 2.45) is 17.8 Å². The van der Waals surface area contributed by atoms with Gasteiger partial charge in [-0.05, 0) is 64.8 Å². The topological polar surface area (TPSA) is 88.2 Å². The Labute approximate surface area is 212 Å². The average Bonchev–Trinajstić information content (AvgIpc) is 3.35. The molecule has 7 atom stereocenters. The lowest BCUT2D eigenvalue weighted by Gasteiger charge is -2.40. The fraction of sp³-hybridized carbons (Fsp3) is 0.889. The first-order valence-electron chi connectivity index (χ1n) is 13.2. The van der Waals surface area contributed by atoms with Crippen LogP contribution >= 0.6 is 0 Å². The summed E-state index contributed by atoms with van der Waals surface area (Å²) in [4.78, 5) is 43.6. The van der Waals surface area contributed by atoms with Gasteiger partial charge in [-0.25, -0.2) is 0 Å². The van der Waals surface area contributed by atoms with Crippen molar-refractivity contribution in [3.63, 3.8) is 0 Å². The number of methoxy groups -OCH3 is 1. The SMILES string of the molecule is CCC(C)C(C(CC(=O)OC(C)(C)C)OC)N(C)C(=O)[C@@H](NC(=O)[C@@H]1[C@H]2CC[C@H](C2)N1C)C(C)C. The van der Waals surface area contributed by atoms with E-state index in [1.54, 1.807) is 19.1 Å². The van der Waals surface area contributed by atoms with E-state index < -0.39 is 17.7 Å². The van der Waals surface area contributed by atoms with E-state index in [-0.39, 0.29) is 48.1 Å². The highest BCUT2D eigenvalue weighted by molar-refractivity contribution is 5.90. The van der Waals surface area contributed by atoms with Crippen LogP contribution in [0.2, 0.25) is 0 Å². The van der Waals surface area contributed by atoms with Gasteiger partial charge in [0.1, 0.15) is 11.6 Å². The number of ether oxygens (including phenoxy) is 2. The molecule has 202 valence electrons. The molecule has 0 radical (unpaired) electrons. The first-order valence-corrected chi connectivity index (χ1v) is 13.2. The molecule has 35 heavy (non-hydrogen) atoms. The van der Waals surface area contributed by atoms with Crippen molar-refractivity contribution in [2.45, 2.75) is 116 Å². The smallest absolute Gasteiger partial charge is 0.309 e. The van der Waals surface area contributed by atoms with E-state index in [4.69, 9.17) is 9.47 Å². The normalized spacial score (nSPS) is 25.7. The molecule has 2 bridgehead atoms. The maximum absolute atomic E-state index is 13.8. The largest absolute Gasteiger partial charge is 0.460 e. The van der Waals surface area contributed by atoms with Crippen molar-refractivity contribution in [3.05, 3.63) is 0 Å². The van der Waals surface area contributed by atoms with Gasteiger partial charge in [0.2, 0.25) is 11.8 Å². The molecule has 0 aromatic carbocycles. The third kappa shape index (κ3) is 7.19. The van der Waals surface area contributed by atoms with Crippen LogP contribution in [0.3, 0.4) is 0 Å². The number of hydrogen-bond acceptors (Lipinski definition) is 6. The molecule has 2 amide bonds. The van der Waals surface area contributed by atoms with Gasteiger partial charge in [-0.15, -0.1) is 0 Å². The average molecular weight is 496 g/mol. The van der Waals surface area contributed by atoms with Crippen LogP contribution in [0.1, 0.15) is 80.6 Å². The van der Waals surface area contributed by atoms with Crippen LogP contribution < -0.4 is 5.32 Å². The van der Waals surface area contributed by atoms with Gasteiger partial charge in [-0.1, -0.05) is 34.1 Å². The molecule has 1 saturated carbocycles. The van der Waals surface area contributed by atoms with Gasteiger partial charge < -0.3 is 19.7 Å². The molecule has 0 spiro atoms. The van der Waals surface area contributed by atoms with Crippen molar-refractivity contribution in [1.29, 1.82) is 0 Å². The van der Waals surface area contributed by atoms with Gasteiger partial charge in [0, 0.05) is 20.2 Å². The van der Waals surface area contributed by atoms with E-state index in [0.29, 0.717) is 12.0 Å². The number of carbonyl (C=O) groups excluding carboxylic acids is 3. The molecule has 0 aromatic heterocycles. The van der Waals surface area contributed by atoms with Gasteiger partial charge in [-0.2, -0.15) is 0 Å². The Balaban J connectivity index is 2.19. The molecule has 1 saturated heterocycles. The molecule has 2 aliphatic rings. The molecule has 3 unspecified atom stereocenters. The van der Waals surface area contributed by atoms with Gasteiger partial charge in [0.25, 0.3) is 0 Å². The highest BCUT2D eigenvalue weighted by Crippen LogP contribution is 2.41. The lowest BCUT2D eigenvalue weighted by Crippen LogP contribution is -2.59. The molecule has 0 aromatic rings. The summed E-state index contributed by atoms with van der Waals surface area (Å²) in [5, 5.41) is 3.09. The predicted octanol–water partition coefficient (Wildman–Crippen LogP) is 3.23. The van der Waals surface area contributed by atoms with Gasteiger partial charge >= 0.3 is 5.97 Å². The van der Waals surface area contributed by atoms with Crippen LogP contribution in [-0.2, 0) is 23.9 Å². The second-order valence-corrected chi connectivity index (χ2v) is 12.0. The Morgan fingerprint density at radius 2 is 1.77 bits per heavy atom. The number of carbonyl (C=O) groups is 3. The van der Waals surface area contributed by atoms with Crippen LogP contribution in [0.15, 0.2) is 0 Å². The molecule has 1 aliphatic carbocycles. The van der Waals surface area contributed by atoms with Crippen LogP contribution in [0.5, 0.6) is 0 Å². The van der Waals surface area contributed by atoms with Crippen LogP contribution in [-0.4, -0.2) is 84.7 Å². The summed E-state index contributed by atoms with van der Waals surface area (Å²) in [6.07, 6.45) is 3.62. The van der Waals surface area contributed by atoms with Crippen LogP contribution in [0, 0.1) is 17.8 Å². The Hall–Kier alpha value is -1.67. The molecular formula is C27H49N3O5. The van der Waals surface area contributed by atoms with Crippen LogP contribution in [0.25, 0.3) is 0 Å². The van der Waals surface area contributed by atoms with E-state index in [1.807, 2.05) is 41.7 Å². The Morgan fingerprint density at radius 1 is 1.14 bits per heavy atom. The molecule has 2 fully saturated rings. The third-order valence-corrected chi connectivity index (χ3v) is 7.90. The number of rotatable bonds is 11. The van der Waals surface area contributed by atoms with Crippen molar-refractivity contribution in [1.82, 2.24) is 15.1 Å². The number of hydrogen-bond donors (Lipinski definition) is 1. The van der Waals surface area contributed by atoms with Gasteiger partial charge in [0.15, 0.2) is 0 Å². The maximum atomic E-state index is 13.8. The minimum absolute atomic E-state index is 0.0506. The fourth-order valence-electron chi connectivity index (χ4n) is 5.86. The van der Waals surface area contributed by atoms with Gasteiger partial charge in [-0.3, -0.25) is 19.3 Å². The molecule has 8 heteroatoms. The van der Waals surface area contributed by atoms with Crippen molar-refractivity contribution in [3.8, 4) is 0 Å². The maximum Gasteiger partial charge on any atom is 0.309 e. The van der Waals surface area contributed by atoms with Crippen molar-refractivity contribution >= 4 is 17.8 Å². The summed E-state index contributed by atoms with van der Waals surface area (Å²) in [7, 11) is 5.34. The molecule has 1 aliphatic heterocycles. The Bertz CT molecular complexity index is 748. The summed E-state index contributed by atoms with van der Waals surface area (Å²) in [6.45, 7) is 13.5. The molecular weight excluding hydrogens is 446 g/mol. The fourth-order valence-corrected chi connectivity index (χ4v) is 5.86. The van der Waals surface area contributed by atoms with Gasteiger partial charge in [0.05, 0.1) is 24.6 Å². The quantitative estimate of drug-likeness (QED) is 0.443. The number of piperidine rings is 1. The lowest BCUT2D eigenvalue weighted by atomic mass is 9.89. The summed E-state index contributed by atoms with van der Waals surface area (Å²) in [6, 6.07) is -0.687. The number of likely N-dealkylation sites (tertiary alicyclic amines) is 1.